The summed E-state index contributed by atoms with van der Waals surface area (Å²) < 4.78 is 19.3. The normalized spacial score (nSPS) is 24.3. The molecular weight excluding hydrogens is 255 g/mol. The summed E-state index contributed by atoms with van der Waals surface area (Å²) in [5.41, 5.74) is 2.14. The molecule has 1 fully saturated rings. The maximum Gasteiger partial charge on any atom is 0.123 e. The Balaban J connectivity index is 2.22. The fraction of sp³-hybridized carbons (Fsp3) is 0.625. The fourth-order valence-corrected chi connectivity index (χ4v) is 2.79. The van der Waals surface area contributed by atoms with Crippen LogP contribution in [-0.2, 0) is 4.74 Å². The molecule has 4 heteroatoms. The van der Waals surface area contributed by atoms with Crippen molar-refractivity contribution in [1.29, 1.82) is 0 Å². The molecular formula is C16H25FN2O. The van der Waals surface area contributed by atoms with Crippen molar-refractivity contribution < 1.29 is 9.13 Å². The summed E-state index contributed by atoms with van der Waals surface area (Å²) in [5, 5.41) is 3.44. The Morgan fingerprint density at radius 1 is 1.45 bits per heavy atom. The average Bonchev–Trinajstić information content (AvgIpc) is 2.37. The highest BCUT2D eigenvalue weighted by atomic mass is 19.1. The lowest BCUT2D eigenvalue weighted by molar-refractivity contribution is -0.0622. The molecule has 1 aromatic rings. The average molecular weight is 280 g/mol. The number of ether oxygens (including phenoxy) is 1. The lowest BCUT2D eigenvalue weighted by Gasteiger charge is -2.40. The van der Waals surface area contributed by atoms with Gasteiger partial charge in [-0.2, -0.15) is 0 Å². The van der Waals surface area contributed by atoms with Crippen molar-refractivity contribution in [3.63, 3.8) is 0 Å². The minimum Gasteiger partial charge on any atom is -0.374 e. The summed E-state index contributed by atoms with van der Waals surface area (Å²) in [6.07, 6.45) is 0.0975. The van der Waals surface area contributed by atoms with Crippen LogP contribution in [0.2, 0.25) is 0 Å². The third-order valence-electron chi connectivity index (χ3n) is 3.88. The minimum atomic E-state index is -0.178. The van der Waals surface area contributed by atoms with Gasteiger partial charge in [0.05, 0.1) is 18.8 Å². The highest BCUT2D eigenvalue weighted by Crippen LogP contribution is 2.30. The van der Waals surface area contributed by atoms with Gasteiger partial charge >= 0.3 is 0 Å². The molecule has 0 aromatic heterocycles. The monoisotopic (exact) mass is 280 g/mol. The van der Waals surface area contributed by atoms with Crippen molar-refractivity contribution in [3.8, 4) is 0 Å². The van der Waals surface area contributed by atoms with Gasteiger partial charge in [-0.3, -0.25) is 4.90 Å². The largest absolute Gasteiger partial charge is 0.374 e. The molecule has 0 aliphatic carbocycles. The fourth-order valence-electron chi connectivity index (χ4n) is 2.79. The van der Waals surface area contributed by atoms with Crippen LogP contribution in [-0.4, -0.2) is 43.8 Å². The highest BCUT2D eigenvalue weighted by Gasteiger charge is 2.32. The van der Waals surface area contributed by atoms with Crippen LogP contribution < -0.4 is 5.32 Å². The number of aryl methyl sites for hydroxylation is 1. The Morgan fingerprint density at radius 3 is 2.85 bits per heavy atom. The van der Waals surface area contributed by atoms with Crippen LogP contribution in [0.15, 0.2) is 18.2 Å². The van der Waals surface area contributed by atoms with Crippen LogP contribution >= 0.6 is 0 Å². The molecule has 0 radical (unpaired) electrons. The topological polar surface area (TPSA) is 24.5 Å². The van der Waals surface area contributed by atoms with Gasteiger partial charge in [0.1, 0.15) is 5.82 Å². The van der Waals surface area contributed by atoms with Crippen LogP contribution in [0.3, 0.4) is 0 Å². The number of nitrogens with zero attached hydrogens (tertiary/aromatic N) is 1. The summed E-state index contributed by atoms with van der Waals surface area (Å²) in [4.78, 5) is 2.30. The van der Waals surface area contributed by atoms with E-state index in [2.05, 4.69) is 31.1 Å². The van der Waals surface area contributed by atoms with Gasteiger partial charge in [-0.05, 0) is 37.2 Å². The second kappa shape index (κ2) is 6.66. The van der Waals surface area contributed by atoms with Crippen molar-refractivity contribution in [2.75, 3.05) is 26.7 Å². The predicted octanol–water partition coefficient (Wildman–Crippen LogP) is 2.50. The molecule has 3 nitrogen and oxygen atoms in total. The van der Waals surface area contributed by atoms with E-state index >= 15 is 0 Å². The SMILES string of the molecule is Cc1cc(F)ccc1C1C(CNC(C)C)OCCN1C. The van der Waals surface area contributed by atoms with Crippen LogP contribution in [0.5, 0.6) is 0 Å². The number of rotatable bonds is 4. The number of hydrogen-bond acceptors (Lipinski definition) is 3. The molecule has 1 aliphatic rings. The zero-order valence-corrected chi connectivity index (χ0v) is 12.8. The summed E-state index contributed by atoms with van der Waals surface area (Å²) in [6.45, 7) is 8.68. The van der Waals surface area contributed by atoms with E-state index in [9.17, 15) is 4.39 Å². The first-order valence-electron chi connectivity index (χ1n) is 7.30. The van der Waals surface area contributed by atoms with Gasteiger partial charge in [0.15, 0.2) is 0 Å². The molecule has 0 bridgehead atoms. The molecule has 0 spiro atoms. The molecule has 0 saturated carbocycles. The number of benzene rings is 1. The first-order valence-corrected chi connectivity index (χ1v) is 7.30. The maximum absolute atomic E-state index is 13.3. The number of halogens is 1. The number of nitrogens with one attached hydrogen (secondary N) is 1. The van der Waals surface area contributed by atoms with Crippen LogP contribution in [0.1, 0.15) is 31.0 Å². The number of likely N-dealkylation sites (N-methyl/N-ethyl adjacent to an activating group) is 1. The zero-order chi connectivity index (χ0) is 14.7. The van der Waals surface area contributed by atoms with Gasteiger partial charge in [-0.1, -0.05) is 19.9 Å². The van der Waals surface area contributed by atoms with Crippen LogP contribution in [0, 0.1) is 12.7 Å². The second-order valence-electron chi connectivity index (χ2n) is 5.90. The van der Waals surface area contributed by atoms with E-state index in [1.807, 2.05) is 13.0 Å². The van der Waals surface area contributed by atoms with Crippen LogP contribution in [0.4, 0.5) is 4.39 Å². The quantitative estimate of drug-likeness (QED) is 0.917. The molecule has 1 saturated heterocycles. The molecule has 20 heavy (non-hydrogen) atoms. The Morgan fingerprint density at radius 2 is 2.20 bits per heavy atom. The third kappa shape index (κ3) is 3.57. The first-order chi connectivity index (χ1) is 9.49. The lowest BCUT2D eigenvalue weighted by Crippen LogP contribution is -2.48. The Kier molecular flexibility index (Phi) is 5.13. The zero-order valence-electron chi connectivity index (χ0n) is 12.8. The molecule has 1 aliphatic heterocycles. The van der Waals surface area contributed by atoms with E-state index in [0.29, 0.717) is 6.04 Å². The Hall–Kier alpha value is -0.970. The highest BCUT2D eigenvalue weighted by molar-refractivity contribution is 5.31. The summed E-state index contributed by atoms with van der Waals surface area (Å²) in [5.74, 6) is -0.178. The van der Waals surface area contributed by atoms with Gasteiger partial charge in [0.2, 0.25) is 0 Å². The molecule has 2 rings (SSSR count). The molecule has 1 heterocycles. The third-order valence-corrected chi connectivity index (χ3v) is 3.88. The molecule has 2 unspecified atom stereocenters. The van der Waals surface area contributed by atoms with Gasteiger partial charge in [-0.25, -0.2) is 4.39 Å². The van der Waals surface area contributed by atoms with Crippen molar-refractivity contribution in [3.05, 3.63) is 35.1 Å². The Labute approximate surface area is 121 Å². The maximum atomic E-state index is 13.3. The van der Waals surface area contributed by atoms with E-state index in [1.54, 1.807) is 6.07 Å². The molecule has 1 aromatic carbocycles. The van der Waals surface area contributed by atoms with E-state index in [-0.39, 0.29) is 18.0 Å². The summed E-state index contributed by atoms with van der Waals surface area (Å²) in [6, 6.07) is 5.64. The van der Waals surface area contributed by atoms with E-state index < -0.39 is 0 Å². The van der Waals surface area contributed by atoms with Crippen molar-refractivity contribution in [2.24, 2.45) is 0 Å². The van der Waals surface area contributed by atoms with Crippen LogP contribution in [0.25, 0.3) is 0 Å². The molecule has 2 atom stereocenters. The lowest BCUT2D eigenvalue weighted by atomic mass is 9.94. The van der Waals surface area contributed by atoms with Crippen molar-refractivity contribution in [1.82, 2.24) is 10.2 Å². The predicted molar refractivity (Wildman–Crippen MR) is 79.4 cm³/mol. The second-order valence-corrected chi connectivity index (χ2v) is 5.90. The van der Waals surface area contributed by atoms with E-state index in [0.717, 1.165) is 30.8 Å². The van der Waals surface area contributed by atoms with Crippen molar-refractivity contribution >= 4 is 0 Å². The van der Waals surface area contributed by atoms with E-state index in [1.165, 1.54) is 6.07 Å². The standard InChI is InChI=1S/C16H25FN2O/c1-11(2)18-10-15-16(19(4)7-8-20-15)14-6-5-13(17)9-12(14)3/h5-6,9,11,15-16,18H,7-8,10H2,1-4H3. The number of morpholine rings is 1. The van der Waals surface area contributed by atoms with Gasteiger partial charge in [0.25, 0.3) is 0 Å². The smallest absolute Gasteiger partial charge is 0.123 e. The number of hydrogen-bond donors (Lipinski definition) is 1. The first kappa shape index (κ1) is 15.4. The summed E-state index contributed by atoms with van der Waals surface area (Å²) >= 11 is 0. The van der Waals surface area contributed by atoms with Gasteiger partial charge in [0, 0.05) is 19.1 Å². The summed E-state index contributed by atoms with van der Waals surface area (Å²) in [7, 11) is 2.11. The molecule has 112 valence electrons. The minimum absolute atomic E-state index is 0.0975. The molecule has 1 N–H and O–H groups in total. The van der Waals surface area contributed by atoms with Gasteiger partial charge < -0.3 is 10.1 Å². The van der Waals surface area contributed by atoms with E-state index in [4.69, 9.17) is 4.74 Å². The molecule has 0 amide bonds. The van der Waals surface area contributed by atoms with Gasteiger partial charge in [-0.15, -0.1) is 0 Å². The van der Waals surface area contributed by atoms with Crippen molar-refractivity contribution in [2.45, 2.75) is 39.0 Å². The Bertz CT molecular complexity index is 450.